The second-order valence-electron chi connectivity index (χ2n) is 4.80. The first-order chi connectivity index (χ1) is 7.93. The lowest BCUT2D eigenvalue weighted by atomic mass is 10.0. The van der Waals surface area contributed by atoms with Gasteiger partial charge in [0.1, 0.15) is 0 Å². The van der Waals surface area contributed by atoms with Crippen molar-refractivity contribution < 1.29 is 9.90 Å². The number of carbonyl (C=O) groups is 1. The second-order valence-corrected chi connectivity index (χ2v) is 4.80. The fraction of sp³-hybridized carbons (Fsp3) is 0.357. The Kier molecular flexibility index (Phi) is 2.69. The number of carboxylic acids is 1. The molecule has 0 spiro atoms. The summed E-state index contributed by atoms with van der Waals surface area (Å²) < 4.78 is 1.99. The van der Waals surface area contributed by atoms with Gasteiger partial charge in [0.2, 0.25) is 0 Å². The summed E-state index contributed by atoms with van der Waals surface area (Å²) in [6.07, 6.45) is 0. The normalized spacial score (nSPS) is 11.4. The molecule has 1 N–H and O–H groups in total. The number of fused-ring (bicyclic) bond motifs is 1. The topological polar surface area (TPSA) is 42.2 Å². The Morgan fingerprint density at radius 2 is 2.00 bits per heavy atom. The molecule has 17 heavy (non-hydrogen) atoms. The van der Waals surface area contributed by atoms with E-state index in [4.69, 9.17) is 0 Å². The van der Waals surface area contributed by atoms with Crippen LogP contribution in [0.15, 0.2) is 18.2 Å². The fourth-order valence-electron chi connectivity index (χ4n) is 2.48. The van der Waals surface area contributed by atoms with Gasteiger partial charge in [0, 0.05) is 23.6 Å². The lowest BCUT2D eigenvalue weighted by Gasteiger charge is -2.08. The lowest BCUT2D eigenvalue weighted by molar-refractivity contribution is 0.0697. The molecule has 0 aliphatic heterocycles. The van der Waals surface area contributed by atoms with E-state index < -0.39 is 5.97 Å². The first kappa shape index (κ1) is 11.7. The largest absolute Gasteiger partial charge is 0.478 e. The van der Waals surface area contributed by atoms with Crippen molar-refractivity contribution in [1.29, 1.82) is 0 Å². The molecule has 0 unspecified atom stereocenters. The molecule has 90 valence electrons. The van der Waals surface area contributed by atoms with Crippen LogP contribution >= 0.6 is 0 Å². The van der Waals surface area contributed by atoms with E-state index in [0.29, 0.717) is 5.56 Å². The van der Waals surface area contributed by atoms with E-state index in [9.17, 15) is 9.90 Å². The zero-order valence-corrected chi connectivity index (χ0v) is 10.6. The quantitative estimate of drug-likeness (QED) is 0.861. The third kappa shape index (κ3) is 1.71. The minimum Gasteiger partial charge on any atom is -0.478 e. The SMILES string of the molecule is Cc1ccc2c(c1)c(C(=O)O)c(C(C)C)n2C. The Bertz CT molecular complexity index is 594. The van der Waals surface area contributed by atoms with Crippen molar-refractivity contribution in [2.45, 2.75) is 26.7 Å². The molecular weight excluding hydrogens is 214 g/mol. The van der Waals surface area contributed by atoms with Gasteiger partial charge in [0.05, 0.1) is 5.56 Å². The molecule has 0 amide bonds. The van der Waals surface area contributed by atoms with Crippen LogP contribution in [0, 0.1) is 6.92 Å². The molecule has 1 heterocycles. The summed E-state index contributed by atoms with van der Waals surface area (Å²) in [6.45, 7) is 6.02. The molecule has 0 aliphatic rings. The van der Waals surface area contributed by atoms with Crippen LogP contribution in [0.4, 0.5) is 0 Å². The monoisotopic (exact) mass is 231 g/mol. The maximum atomic E-state index is 11.5. The Labute approximate surface area is 101 Å². The molecule has 1 aromatic carbocycles. The molecule has 2 aromatic rings. The van der Waals surface area contributed by atoms with Crippen LogP contribution < -0.4 is 0 Å². The number of carboxylic acid groups (broad SMARTS) is 1. The number of aromatic nitrogens is 1. The van der Waals surface area contributed by atoms with Crippen molar-refractivity contribution in [3.05, 3.63) is 35.0 Å². The molecule has 0 radical (unpaired) electrons. The highest BCUT2D eigenvalue weighted by molar-refractivity contribution is 6.05. The molecule has 0 bridgehead atoms. The maximum absolute atomic E-state index is 11.5. The summed E-state index contributed by atoms with van der Waals surface area (Å²) in [6, 6.07) is 5.95. The van der Waals surface area contributed by atoms with E-state index in [2.05, 4.69) is 0 Å². The molecule has 3 heteroatoms. The Balaban J connectivity index is 2.93. The summed E-state index contributed by atoms with van der Waals surface area (Å²) in [4.78, 5) is 11.5. The summed E-state index contributed by atoms with van der Waals surface area (Å²) >= 11 is 0. The van der Waals surface area contributed by atoms with E-state index >= 15 is 0 Å². The molecule has 2 rings (SSSR count). The molecule has 0 saturated carbocycles. The van der Waals surface area contributed by atoms with Crippen LogP contribution in [0.3, 0.4) is 0 Å². The van der Waals surface area contributed by atoms with Gasteiger partial charge < -0.3 is 9.67 Å². The Morgan fingerprint density at radius 3 is 2.53 bits per heavy atom. The number of aromatic carboxylic acids is 1. The van der Waals surface area contributed by atoms with Gasteiger partial charge >= 0.3 is 5.97 Å². The third-order valence-electron chi connectivity index (χ3n) is 3.16. The number of aryl methyl sites for hydroxylation is 2. The highest BCUT2D eigenvalue weighted by atomic mass is 16.4. The number of benzene rings is 1. The zero-order chi connectivity index (χ0) is 12.7. The number of rotatable bonds is 2. The summed E-state index contributed by atoms with van der Waals surface area (Å²) in [5, 5.41) is 10.2. The number of hydrogen-bond acceptors (Lipinski definition) is 1. The average Bonchev–Trinajstić information content (AvgIpc) is 2.51. The van der Waals surface area contributed by atoms with Crippen molar-refractivity contribution in [2.75, 3.05) is 0 Å². The smallest absolute Gasteiger partial charge is 0.338 e. The molecule has 0 aliphatic carbocycles. The van der Waals surface area contributed by atoms with Crippen LogP contribution in [0.2, 0.25) is 0 Å². The second kappa shape index (κ2) is 3.91. The lowest BCUT2D eigenvalue weighted by Crippen LogP contribution is -2.05. The van der Waals surface area contributed by atoms with Crippen LogP contribution in [0.1, 0.15) is 41.4 Å². The van der Waals surface area contributed by atoms with Crippen molar-refractivity contribution in [3.8, 4) is 0 Å². The molecule has 0 fully saturated rings. The predicted octanol–water partition coefficient (Wildman–Crippen LogP) is 3.31. The van der Waals surface area contributed by atoms with Gasteiger partial charge in [0.15, 0.2) is 0 Å². The van der Waals surface area contributed by atoms with Crippen molar-refractivity contribution in [3.63, 3.8) is 0 Å². The van der Waals surface area contributed by atoms with Crippen LogP contribution in [-0.2, 0) is 7.05 Å². The van der Waals surface area contributed by atoms with Crippen LogP contribution in [-0.4, -0.2) is 15.6 Å². The predicted molar refractivity (Wildman–Crippen MR) is 68.7 cm³/mol. The van der Waals surface area contributed by atoms with Gasteiger partial charge in [-0.05, 0) is 25.0 Å². The van der Waals surface area contributed by atoms with Crippen LogP contribution in [0.25, 0.3) is 10.9 Å². The van der Waals surface area contributed by atoms with Crippen molar-refractivity contribution in [2.24, 2.45) is 7.05 Å². The molecule has 1 aromatic heterocycles. The third-order valence-corrected chi connectivity index (χ3v) is 3.16. The summed E-state index contributed by atoms with van der Waals surface area (Å²) in [7, 11) is 1.93. The first-order valence-electron chi connectivity index (χ1n) is 5.75. The van der Waals surface area contributed by atoms with E-state index in [1.807, 2.05) is 50.6 Å². The summed E-state index contributed by atoms with van der Waals surface area (Å²) in [5.74, 6) is -0.649. The van der Waals surface area contributed by atoms with Gasteiger partial charge in [0.25, 0.3) is 0 Å². The molecule has 3 nitrogen and oxygen atoms in total. The van der Waals surface area contributed by atoms with Crippen molar-refractivity contribution in [1.82, 2.24) is 4.57 Å². The summed E-state index contributed by atoms with van der Waals surface area (Å²) in [5.41, 5.74) is 3.40. The zero-order valence-electron chi connectivity index (χ0n) is 10.6. The highest BCUT2D eigenvalue weighted by Gasteiger charge is 2.22. The molecule has 0 atom stereocenters. The van der Waals surface area contributed by atoms with E-state index in [1.54, 1.807) is 0 Å². The van der Waals surface area contributed by atoms with Gasteiger partial charge in [-0.3, -0.25) is 0 Å². The van der Waals surface area contributed by atoms with E-state index in [0.717, 1.165) is 22.2 Å². The Morgan fingerprint density at radius 1 is 1.35 bits per heavy atom. The highest BCUT2D eigenvalue weighted by Crippen LogP contribution is 2.30. The number of nitrogens with zero attached hydrogens (tertiary/aromatic N) is 1. The molecular formula is C14H17NO2. The minimum atomic E-state index is -0.843. The van der Waals surface area contributed by atoms with Gasteiger partial charge in [-0.15, -0.1) is 0 Å². The first-order valence-corrected chi connectivity index (χ1v) is 5.75. The minimum absolute atomic E-state index is 0.193. The van der Waals surface area contributed by atoms with E-state index in [-0.39, 0.29) is 5.92 Å². The van der Waals surface area contributed by atoms with E-state index in [1.165, 1.54) is 0 Å². The standard InChI is InChI=1S/C14H17NO2/c1-8(2)13-12(14(16)17)10-7-9(3)5-6-11(10)15(13)4/h5-8H,1-4H3,(H,16,17). The fourth-order valence-corrected chi connectivity index (χ4v) is 2.48. The van der Waals surface area contributed by atoms with Gasteiger partial charge in [-0.1, -0.05) is 25.5 Å². The van der Waals surface area contributed by atoms with Crippen LogP contribution in [0.5, 0.6) is 0 Å². The van der Waals surface area contributed by atoms with Gasteiger partial charge in [-0.25, -0.2) is 4.79 Å². The van der Waals surface area contributed by atoms with Gasteiger partial charge in [-0.2, -0.15) is 0 Å². The molecule has 0 saturated heterocycles. The van der Waals surface area contributed by atoms with Crippen molar-refractivity contribution >= 4 is 16.9 Å². The average molecular weight is 231 g/mol. The number of hydrogen-bond donors (Lipinski definition) is 1. The Hall–Kier alpha value is -1.77. The maximum Gasteiger partial charge on any atom is 0.338 e.